The highest BCUT2D eigenvalue weighted by Gasteiger charge is 2.23. The number of benzene rings is 7. The average Bonchev–Trinajstić information content (AvgIpc) is 3.82. The molecule has 0 saturated heterocycles. The molecule has 4 heterocycles. The van der Waals surface area contributed by atoms with Crippen LogP contribution < -0.4 is 0 Å². The summed E-state index contributed by atoms with van der Waals surface area (Å²) in [7, 11) is 0. The zero-order valence-electron chi connectivity index (χ0n) is 29.9. The molecule has 0 unspecified atom stereocenters. The first kappa shape index (κ1) is 31.7. The third-order valence-electron chi connectivity index (χ3n) is 10.3. The number of nitrogens with zero attached hydrogens (tertiary/aromatic N) is 6. The third kappa shape index (κ3) is 5.33. The predicted octanol–water partition coefficient (Wildman–Crippen LogP) is 12.0. The molecule has 0 bridgehead atoms. The van der Waals surface area contributed by atoms with Crippen LogP contribution in [-0.4, -0.2) is 29.5 Å². The Hall–Kier alpha value is -7.77. The molecular formula is C49H30N6O. The molecule has 7 aromatic carbocycles. The van der Waals surface area contributed by atoms with E-state index in [9.17, 15) is 0 Å². The smallest absolute Gasteiger partial charge is 0.186 e. The molecular weight excluding hydrogens is 689 g/mol. The maximum atomic E-state index is 6.55. The van der Waals surface area contributed by atoms with Crippen molar-refractivity contribution in [3.05, 3.63) is 182 Å². The Bertz CT molecular complexity index is 3250. The van der Waals surface area contributed by atoms with Gasteiger partial charge in [0.2, 0.25) is 0 Å². The highest BCUT2D eigenvalue weighted by Crippen LogP contribution is 2.38. The van der Waals surface area contributed by atoms with Crippen LogP contribution >= 0.6 is 0 Å². The van der Waals surface area contributed by atoms with Gasteiger partial charge in [-0.2, -0.15) is 0 Å². The Balaban J connectivity index is 1.15. The van der Waals surface area contributed by atoms with Crippen molar-refractivity contribution in [2.24, 2.45) is 0 Å². The molecule has 0 amide bonds. The Morgan fingerprint density at radius 1 is 0.357 bits per heavy atom. The van der Waals surface area contributed by atoms with Crippen molar-refractivity contribution in [1.82, 2.24) is 29.5 Å². The maximum absolute atomic E-state index is 6.55. The molecule has 7 heteroatoms. The molecule has 7 nitrogen and oxygen atoms in total. The molecule has 0 saturated carbocycles. The van der Waals surface area contributed by atoms with Crippen molar-refractivity contribution in [1.29, 1.82) is 0 Å². The van der Waals surface area contributed by atoms with Crippen LogP contribution in [0.1, 0.15) is 0 Å². The van der Waals surface area contributed by atoms with Crippen LogP contribution in [0.25, 0.3) is 106 Å². The number of para-hydroxylation sites is 3. The molecule has 11 aromatic rings. The number of hydrogen-bond donors (Lipinski definition) is 0. The van der Waals surface area contributed by atoms with E-state index in [1.807, 2.05) is 91.0 Å². The van der Waals surface area contributed by atoms with Crippen molar-refractivity contribution >= 4 is 43.9 Å². The summed E-state index contributed by atoms with van der Waals surface area (Å²) in [5.41, 5.74) is 10.5. The second-order valence-corrected chi connectivity index (χ2v) is 13.7. The van der Waals surface area contributed by atoms with E-state index >= 15 is 0 Å². The number of fused-ring (bicyclic) bond motifs is 6. The number of hydrogen-bond acceptors (Lipinski definition) is 6. The van der Waals surface area contributed by atoms with E-state index in [-0.39, 0.29) is 0 Å². The topological polar surface area (TPSA) is 82.5 Å². The normalized spacial score (nSPS) is 11.6. The van der Waals surface area contributed by atoms with Gasteiger partial charge in [-0.25, -0.2) is 24.9 Å². The second-order valence-electron chi connectivity index (χ2n) is 13.7. The SMILES string of the molecule is c1ccc(-c2cccc(-c3nc(-c4ccccc4)nc(-c4nc(-c5ccc6c(c5)c5ccccc5n6-c5ccccc5)nc5c4oc4ccccc45)n3)c2)cc1. The fraction of sp³-hybridized carbons (Fsp3) is 0. The molecule has 0 aliphatic rings. The molecule has 262 valence electrons. The number of rotatable bonds is 6. The van der Waals surface area contributed by atoms with E-state index in [2.05, 4.69) is 95.6 Å². The van der Waals surface area contributed by atoms with Crippen LogP contribution in [-0.2, 0) is 0 Å². The fourth-order valence-corrected chi connectivity index (χ4v) is 7.63. The zero-order valence-corrected chi connectivity index (χ0v) is 29.9. The summed E-state index contributed by atoms with van der Waals surface area (Å²) in [6.07, 6.45) is 0. The molecule has 0 atom stereocenters. The van der Waals surface area contributed by atoms with Crippen molar-refractivity contribution in [2.75, 3.05) is 0 Å². The van der Waals surface area contributed by atoms with Crippen LogP contribution in [0.3, 0.4) is 0 Å². The average molecular weight is 719 g/mol. The van der Waals surface area contributed by atoms with E-state index in [0.717, 1.165) is 60.7 Å². The highest BCUT2D eigenvalue weighted by molar-refractivity contribution is 6.11. The second kappa shape index (κ2) is 13.0. The standard InChI is InChI=1S/C49H30N6O/c1-4-15-31(16-5-1)33-19-14-20-34(29-33)48-52-46(32-17-6-2-7-18-32)53-49(54-48)44-45-43(38-24-11-13-26-42(38)56-45)50-47(51-44)35-27-28-41-39(30-35)37-23-10-12-25-40(37)55(41)36-21-8-3-9-22-36/h1-30H. The van der Waals surface area contributed by atoms with Crippen LogP contribution in [0.5, 0.6) is 0 Å². The number of aromatic nitrogens is 6. The van der Waals surface area contributed by atoms with Gasteiger partial charge in [-0.3, -0.25) is 0 Å². The van der Waals surface area contributed by atoms with Crippen LogP contribution in [0, 0.1) is 0 Å². The van der Waals surface area contributed by atoms with Gasteiger partial charge in [0.15, 0.2) is 34.6 Å². The molecule has 11 rings (SSSR count). The minimum atomic E-state index is 0.397. The van der Waals surface area contributed by atoms with E-state index in [0.29, 0.717) is 45.7 Å². The molecule has 0 radical (unpaired) electrons. The van der Waals surface area contributed by atoms with Gasteiger partial charge in [0.1, 0.15) is 11.1 Å². The predicted molar refractivity (Wildman–Crippen MR) is 224 cm³/mol. The van der Waals surface area contributed by atoms with Gasteiger partial charge in [0.05, 0.1) is 11.0 Å². The lowest BCUT2D eigenvalue weighted by Gasteiger charge is -2.11. The first-order chi connectivity index (χ1) is 27.7. The van der Waals surface area contributed by atoms with Gasteiger partial charge >= 0.3 is 0 Å². The monoisotopic (exact) mass is 718 g/mol. The van der Waals surface area contributed by atoms with E-state index < -0.39 is 0 Å². The Kier molecular flexibility index (Phi) is 7.35. The number of furan rings is 1. The van der Waals surface area contributed by atoms with Crippen LogP contribution in [0.4, 0.5) is 0 Å². The summed E-state index contributed by atoms with van der Waals surface area (Å²) < 4.78 is 8.85. The molecule has 0 aliphatic heterocycles. The zero-order chi connectivity index (χ0) is 37.0. The lowest BCUT2D eigenvalue weighted by atomic mass is 10.0. The van der Waals surface area contributed by atoms with Gasteiger partial charge in [-0.15, -0.1) is 0 Å². The van der Waals surface area contributed by atoms with E-state index in [1.165, 1.54) is 0 Å². The first-order valence-electron chi connectivity index (χ1n) is 18.5. The summed E-state index contributed by atoms with van der Waals surface area (Å²) in [4.78, 5) is 25.7. The molecule has 4 aromatic heterocycles. The molecule has 56 heavy (non-hydrogen) atoms. The van der Waals surface area contributed by atoms with Crippen LogP contribution in [0.2, 0.25) is 0 Å². The van der Waals surface area contributed by atoms with Gasteiger partial charge in [0, 0.05) is 38.5 Å². The van der Waals surface area contributed by atoms with E-state index in [4.69, 9.17) is 29.3 Å². The van der Waals surface area contributed by atoms with E-state index in [1.54, 1.807) is 0 Å². The largest absolute Gasteiger partial charge is 0.452 e. The van der Waals surface area contributed by atoms with Crippen molar-refractivity contribution in [2.45, 2.75) is 0 Å². The third-order valence-corrected chi connectivity index (χ3v) is 10.3. The molecule has 0 spiro atoms. The Labute approximate surface area is 321 Å². The summed E-state index contributed by atoms with van der Waals surface area (Å²) in [5, 5.41) is 3.15. The fourth-order valence-electron chi connectivity index (χ4n) is 7.63. The minimum Gasteiger partial charge on any atom is -0.452 e. The molecule has 0 aliphatic carbocycles. The molecule has 0 N–H and O–H groups in total. The quantitative estimate of drug-likeness (QED) is 0.170. The van der Waals surface area contributed by atoms with Crippen LogP contribution in [0.15, 0.2) is 186 Å². The Morgan fingerprint density at radius 2 is 0.929 bits per heavy atom. The highest BCUT2D eigenvalue weighted by atomic mass is 16.3. The first-order valence-corrected chi connectivity index (χ1v) is 18.5. The summed E-state index contributed by atoms with van der Waals surface area (Å²) in [5.74, 6) is 2.02. The van der Waals surface area contributed by atoms with Gasteiger partial charge in [0.25, 0.3) is 0 Å². The van der Waals surface area contributed by atoms with Gasteiger partial charge in [-0.1, -0.05) is 127 Å². The maximum Gasteiger partial charge on any atom is 0.186 e. The Morgan fingerprint density at radius 3 is 1.73 bits per heavy atom. The van der Waals surface area contributed by atoms with Crippen molar-refractivity contribution in [3.63, 3.8) is 0 Å². The summed E-state index contributed by atoms with van der Waals surface area (Å²) in [6, 6.07) is 61.9. The summed E-state index contributed by atoms with van der Waals surface area (Å²) >= 11 is 0. The minimum absolute atomic E-state index is 0.397. The van der Waals surface area contributed by atoms with Gasteiger partial charge in [-0.05, 0) is 65.7 Å². The molecule has 0 fully saturated rings. The lowest BCUT2D eigenvalue weighted by molar-refractivity contribution is 0.666. The summed E-state index contributed by atoms with van der Waals surface area (Å²) in [6.45, 7) is 0. The van der Waals surface area contributed by atoms with Crippen molar-refractivity contribution < 1.29 is 4.42 Å². The van der Waals surface area contributed by atoms with Crippen molar-refractivity contribution in [3.8, 4) is 62.5 Å². The van der Waals surface area contributed by atoms with Gasteiger partial charge < -0.3 is 8.98 Å². The lowest BCUT2D eigenvalue weighted by Crippen LogP contribution is -2.03.